The Morgan fingerprint density at radius 1 is 1.17 bits per heavy atom. The summed E-state index contributed by atoms with van der Waals surface area (Å²) in [6.07, 6.45) is 7.11. The Morgan fingerprint density at radius 3 is 2.62 bits per heavy atom. The molecule has 1 N–H and O–H groups in total. The van der Waals surface area contributed by atoms with E-state index in [1.807, 2.05) is 39.6 Å². The lowest BCUT2D eigenvalue weighted by Gasteiger charge is -2.14. The van der Waals surface area contributed by atoms with Gasteiger partial charge in [-0.15, -0.1) is 11.7 Å². The summed E-state index contributed by atoms with van der Waals surface area (Å²) in [6, 6.07) is 12.0. The van der Waals surface area contributed by atoms with E-state index in [1.165, 1.54) is 10.5 Å². The molecule has 150 valence electrons. The summed E-state index contributed by atoms with van der Waals surface area (Å²) < 4.78 is 10.1. The molecule has 0 aliphatic rings. The van der Waals surface area contributed by atoms with Gasteiger partial charge in [0.15, 0.2) is 12.5 Å². The lowest BCUT2D eigenvalue weighted by molar-refractivity contribution is -0.917. The standard InChI is InChI=1S/C22H25N5OS/c1-4-13-26-21(19-7-6-12-23-15-19)24-27(22(26)29)17-25(3)16-18-8-10-20(11-9-18)28-14-5-2/h4-12,15H,1-2,13-14,16-17H2,3H3/p+1. The molecule has 3 aromatic rings. The first-order valence-corrected chi connectivity index (χ1v) is 9.86. The maximum atomic E-state index is 5.68. The van der Waals surface area contributed by atoms with Crippen molar-refractivity contribution in [2.75, 3.05) is 13.7 Å². The molecule has 29 heavy (non-hydrogen) atoms. The SMILES string of the molecule is C=CCOc1ccc(C[NH+](C)Cn2nc(-c3cccnc3)n(CC=C)c2=S)cc1. The molecule has 6 nitrogen and oxygen atoms in total. The van der Waals surface area contributed by atoms with E-state index in [-0.39, 0.29) is 0 Å². The van der Waals surface area contributed by atoms with Crippen molar-refractivity contribution >= 4 is 12.2 Å². The highest BCUT2D eigenvalue weighted by molar-refractivity contribution is 7.71. The second-order valence-electron chi connectivity index (χ2n) is 6.78. The smallest absolute Gasteiger partial charge is 0.203 e. The van der Waals surface area contributed by atoms with Crippen molar-refractivity contribution in [3.05, 3.63) is 84.4 Å². The van der Waals surface area contributed by atoms with E-state index in [0.29, 0.717) is 24.6 Å². The molecule has 2 heterocycles. The number of aromatic nitrogens is 4. The monoisotopic (exact) mass is 408 g/mol. The summed E-state index contributed by atoms with van der Waals surface area (Å²) >= 11 is 5.68. The van der Waals surface area contributed by atoms with Crippen LogP contribution in [0.2, 0.25) is 0 Å². The van der Waals surface area contributed by atoms with Crippen molar-refractivity contribution in [1.29, 1.82) is 0 Å². The van der Waals surface area contributed by atoms with Gasteiger partial charge in [0.1, 0.15) is 18.9 Å². The molecular formula is C22H26N5OS+. The van der Waals surface area contributed by atoms with E-state index >= 15 is 0 Å². The second-order valence-corrected chi connectivity index (χ2v) is 7.15. The van der Waals surface area contributed by atoms with Crippen molar-refractivity contribution in [1.82, 2.24) is 19.3 Å². The maximum absolute atomic E-state index is 5.68. The predicted molar refractivity (Wildman–Crippen MR) is 117 cm³/mol. The number of benzene rings is 1. The van der Waals surface area contributed by atoms with Crippen LogP contribution in [0.3, 0.4) is 0 Å². The first-order chi connectivity index (χ1) is 14.1. The molecule has 1 unspecified atom stereocenters. The molecule has 0 bridgehead atoms. The average molecular weight is 409 g/mol. The van der Waals surface area contributed by atoms with Crippen LogP contribution < -0.4 is 9.64 Å². The molecule has 0 spiro atoms. The summed E-state index contributed by atoms with van der Waals surface area (Å²) in [5.74, 6) is 1.65. The second kappa shape index (κ2) is 9.95. The van der Waals surface area contributed by atoms with E-state index in [4.69, 9.17) is 22.1 Å². The third-order valence-corrected chi connectivity index (χ3v) is 4.80. The first kappa shape index (κ1) is 20.7. The zero-order valence-corrected chi connectivity index (χ0v) is 17.4. The molecule has 1 atom stereocenters. The number of rotatable bonds is 10. The van der Waals surface area contributed by atoms with Crippen LogP contribution in [-0.4, -0.2) is 33.0 Å². The summed E-state index contributed by atoms with van der Waals surface area (Å²) in [7, 11) is 2.13. The molecule has 2 aromatic heterocycles. The lowest BCUT2D eigenvalue weighted by atomic mass is 10.2. The third kappa shape index (κ3) is 5.28. The molecule has 0 fully saturated rings. The van der Waals surface area contributed by atoms with Crippen LogP contribution in [0.5, 0.6) is 5.75 Å². The Hall–Kier alpha value is -3.03. The molecule has 7 heteroatoms. The number of hydrogen-bond donors (Lipinski definition) is 1. The summed E-state index contributed by atoms with van der Waals surface area (Å²) in [5, 5.41) is 4.77. The zero-order valence-electron chi connectivity index (χ0n) is 16.6. The van der Waals surface area contributed by atoms with Gasteiger partial charge < -0.3 is 9.64 Å². The van der Waals surface area contributed by atoms with Gasteiger partial charge in [0.05, 0.1) is 7.05 Å². The highest BCUT2D eigenvalue weighted by Crippen LogP contribution is 2.17. The Kier molecular flexibility index (Phi) is 7.10. The number of nitrogens with one attached hydrogen (secondary N) is 1. The van der Waals surface area contributed by atoms with E-state index in [2.05, 4.69) is 37.3 Å². The number of pyridine rings is 1. The fourth-order valence-electron chi connectivity index (χ4n) is 3.06. The molecule has 3 rings (SSSR count). The van der Waals surface area contributed by atoms with Crippen LogP contribution in [0, 0.1) is 4.77 Å². The predicted octanol–water partition coefficient (Wildman–Crippen LogP) is 2.90. The van der Waals surface area contributed by atoms with Gasteiger partial charge >= 0.3 is 0 Å². The van der Waals surface area contributed by atoms with E-state index in [1.54, 1.807) is 18.5 Å². The van der Waals surface area contributed by atoms with Gasteiger partial charge in [-0.3, -0.25) is 9.55 Å². The van der Waals surface area contributed by atoms with Gasteiger partial charge in [0, 0.05) is 30.1 Å². The van der Waals surface area contributed by atoms with Crippen molar-refractivity contribution in [2.24, 2.45) is 0 Å². The van der Waals surface area contributed by atoms with Gasteiger partial charge in [-0.2, -0.15) is 4.68 Å². The normalized spacial score (nSPS) is 11.8. The number of hydrogen-bond acceptors (Lipinski definition) is 4. The molecule has 0 saturated heterocycles. The molecule has 0 aliphatic heterocycles. The van der Waals surface area contributed by atoms with Gasteiger partial charge in [-0.25, -0.2) is 0 Å². The minimum absolute atomic E-state index is 0.509. The Morgan fingerprint density at radius 2 is 1.97 bits per heavy atom. The Bertz CT molecular complexity index is 1010. The fraction of sp³-hybridized carbons (Fsp3) is 0.227. The van der Waals surface area contributed by atoms with Crippen molar-refractivity contribution in [2.45, 2.75) is 19.8 Å². The molecule has 1 aromatic carbocycles. The highest BCUT2D eigenvalue weighted by Gasteiger charge is 2.15. The van der Waals surface area contributed by atoms with Crippen LogP contribution in [0.25, 0.3) is 11.4 Å². The first-order valence-electron chi connectivity index (χ1n) is 9.45. The van der Waals surface area contributed by atoms with E-state index in [0.717, 1.165) is 23.7 Å². The zero-order chi connectivity index (χ0) is 20.6. The van der Waals surface area contributed by atoms with Crippen LogP contribution >= 0.6 is 12.2 Å². The number of ether oxygens (including phenoxy) is 1. The van der Waals surface area contributed by atoms with Crippen LogP contribution in [0.4, 0.5) is 0 Å². The van der Waals surface area contributed by atoms with E-state index < -0.39 is 0 Å². The van der Waals surface area contributed by atoms with Crippen LogP contribution in [-0.2, 0) is 19.8 Å². The Balaban J connectivity index is 1.74. The average Bonchev–Trinajstić information content (AvgIpc) is 3.04. The number of quaternary nitrogens is 1. The molecule has 0 aliphatic carbocycles. The van der Waals surface area contributed by atoms with Crippen molar-refractivity contribution in [3.63, 3.8) is 0 Å². The topological polar surface area (TPSA) is 49.3 Å². The quantitative estimate of drug-likeness (QED) is 0.414. The van der Waals surface area contributed by atoms with Crippen molar-refractivity contribution < 1.29 is 9.64 Å². The largest absolute Gasteiger partial charge is 0.490 e. The minimum Gasteiger partial charge on any atom is -0.490 e. The molecule has 0 saturated carbocycles. The van der Waals surface area contributed by atoms with Crippen LogP contribution in [0.15, 0.2) is 74.1 Å². The number of nitrogens with zero attached hydrogens (tertiary/aromatic N) is 4. The molecule has 0 radical (unpaired) electrons. The van der Waals surface area contributed by atoms with Crippen LogP contribution in [0.1, 0.15) is 5.56 Å². The Labute approximate surface area is 176 Å². The summed E-state index contributed by atoms with van der Waals surface area (Å²) in [4.78, 5) is 5.47. The summed E-state index contributed by atoms with van der Waals surface area (Å²) in [6.45, 7) is 10.1. The lowest BCUT2D eigenvalue weighted by Crippen LogP contribution is -3.07. The third-order valence-electron chi connectivity index (χ3n) is 4.37. The fourth-order valence-corrected chi connectivity index (χ4v) is 3.33. The van der Waals surface area contributed by atoms with E-state index in [9.17, 15) is 0 Å². The highest BCUT2D eigenvalue weighted by atomic mass is 32.1. The van der Waals surface area contributed by atoms with Gasteiger partial charge in [-0.05, 0) is 48.6 Å². The molecule has 0 amide bonds. The van der Waals surface area contributed by atoms with Crippen molar-refractivity contribution in [3.8, 4) is 17.1 Å². The number of allylic oxidation sites excluding steroid dienone is 1. The summed E-state index contributed by atoms with van der Waals surface area (Å²) in [5.41, 5.74) is 2.16. The van der Waals surface area contributed by atoms with Gasteiger partial charge in [0.25, 0.3) is 0 Å². The molecular weight excluding hydrogens is 382 g/mol. The van der Waals surface area contributed by atoms with Gasteiger partial charge in [-0.1, -0.05) is 18.7 Å². The maximum Gasteiger partial charge on any atom is 0.203 e. The minimum atomic E-state index is 0.509. The van der Waals surface area contributed by atoms with Gasteiger partial charge in [0.2, 0.25) is 4.77 Å².